The lowest BCUT2D eigenvalue weighted by atomic mass is 10.0. The van der Waals surface area contributed by atoms with Crippen molar-refractivity contribution in [3.63, 3.8) is 0 Å². The molecule has 8 heteroatoms. The zero-order valence-corrected chi connectivity index (χ0v) is 19.1. The third-order valence-corrected chi connectivity index (χ3v) is 5.95. The van der Waals surface area contributed by atoms with Gasteiger partial charge in [0.25, 0.3) is 0 Å². The van der Waals surface area contributed by atoms with Crippen LogP contribution in [0.4, 0.5) is 5.69 Å². The zero-order chi connectivity index (χ0) is 22.8. The maximum atomic E-state index is 5.74. The highest BCUT2D eigenvalue weighted by molar-refractivity contribution is 6.38. The third kappa shape index (κ3) is 6.58. The fourth-order valence-electron chi connectivity index (χ4n) is 4.11. The summed E-state index contributed by atoms with van der Waals surface area (Å²) in [5.74, 6) is 6.39. The first kappa shape index (κ1) is 23.8. The Morgan fingerprint density at radius 2 is 2.06 bits per heavy atom. The number of aliphatic imine (C=N–C) groups is 3. The quantitative estimate of drug-likeness (QED) is 0.293. The highest BCUT2D eigenvalue weighted by Crippen LogP contribution is 2.21. The maximum Gasteiger partial charge on any atom is 0.141 e. The lowest BCUT2D eigenvalue weighted by Crippen LogP contribution is -2.47. The molecule has 2 fully saturated rings. The van der Waals surface area contributed by atoms with Crippen molar-refractivity contribution in [1.82, 2.24) is 4.90 Å². The summed E-state index contributed by atoms with van der Waals surface area (Å²) in [6.07, 6.45) is 6.92. The van der Waals surface area contributed by atoms with Crippen LogP contribution in [0.25, 0.3) is 0 Å². The summed E-state index contributed by atoms with van der Waals surface area (Å²) in [5, 5.41) is 3.98. The minimum absolute atomic E-state index is 0.211. The number of benzene rings is 1. The number of piperazine rings is 1. The van der Waals surface area contributed by atoms with Gasteiger partial charge in [0.2, 0.25) is 0 Å². The molecule has 1 atom stereocenters. The number of amidine groups is 1. The van der Waals surface area contributed by atoms with E-state index in [2.05, 4.69) is 68.3 Å². The number of rotatable bonds is 8. The van der Waals surface area contributed by atoms with Crippen molar-refractivity contribution in [2.24, 2.45) is 25.9 Å². The molecule has 0 radical (unpaired) electrons. The van der Waals surface area contributed by atoms with Crippen molar-refractivity contribution in [3.8, 4) is 0 Å². The van der Waals surface area contributed by atoms with Crippen LogP contribution in [0.2, 0.25) is 0 Å². The summed E-state index contributed by atoms with van der Waals surface area (Å²) in [6, 6.07) is 6.42. The van der Waals surface area contributed by atoms with Gasteiger partial charge in [0.15, 0.2) is 0 Å². The van der Waals surface area contributed by atoms with E-state index in [1.165, 1.54) is 18.3 Å². The molecule has 1 unspecified atom stereocenters. The fourth-order valence-corrected chi connectivity index (χ4v) is 4.11. The number of hydrazone groups is 1. The Labute approximate surface area is 191 Å². The Morgan fingerprint density at radius 1 is 1.25 bits per heavy atom. The lowest BCUT2D eigenvalue weighted by molar-refractivity contribution is 0.0226. The minimum Gasteiger partial charge on any atom is -0.376 e. The monoisotopic (exact) mass is 437 g/mol. The summed E-state index contributed by atoms with van der Waals surface area (Å²) < 4.78 is 5.74. The first-order chi connectivity index (χ1) is 15.6. The number of ether oxygens (including phenoxy) is 1. The van der Waals surface area contributed by atoms with Gasteiger partial charge in [-0.15, -0.1) is 0 Å². The van der Waals surface area contributed by atoms with Crippen molar-refractivity contribution in [1.29, 1.82) is 0 Å². The Bertz CT molecular complexity index is 863. The van der Waals surface area contributed by atoms with Crippen LogP contribution in [0.5, 0.6) is 0 Å². The van der Waals surface area contributed by atoms with Crippen LogP contribution in [0, 0.1) is 6.92 Å². The molecule has 0 spiro atoms. The van der Waals surface area contributed by atoms with Gasteiger partial charge in [-0.25, -0.2) is 9.98 Å². The van der Waals surface area contributed by atoms with Crippen LogP contribution >= 0.6 is 0 Å². The largest absolute Gasteiger partial charge is 0.376 e. The summed E-state index contributed by atoms with van der Waals surface area (Å²) in [6.45, 7) is 15.3. The first-order valence-corrected chi connectivity index (χ1v) is 11.3. The number of aryl methyl sites for hydroxylation is 1. The van der Waals surface area contributed by atoms with Gasteiger partial charge >= 0.3 is 0 Å². The second-order valence-corrected chi connectivity index (χ2v) is 8.15. The number of hydrogen-bond acceptors (Lipinski definition) is 7. The van der Waals surface area contributed by atoms with Crippen LogP contribution in [0.1, 0.15) is 30.4 Å². The van der Waals surface area contributed by atoms with E-state index in [9.17, 15) is 0 Å². The fraction of sp³-hybridized carbons (Fsp3) is 0.500. The molecule has 0 aliphatic carbocycles. The second-order valence-electron chi connectivity index (χ2n) is 8.15. The Kier molecular flexibility index (Phi) is 9.13. The average molecular weight is 438 g/mol. The van der Waals surface area contributed by atoms with Gasteiger partial charge in [-0.05, 0) is 50.6 Å². The van der Waals surface area contributed by atoms with Crippen molar-refractivity contribution < 1.29 is 4.74 Å². The summed E-state index contributed by atoms with van der Waals surface area (Å²) in [7, 11) is 0. The van der Waals surface area contributed by atoms with E-state index in [4.69, 9.17) is 10.6 Å². The third-order valence-electron chi connectivity index (χ3n) is 5.95. The summed E-state index contributed by atoms with van der Waals surface area (Å²) in [5.41, 5.74) is 4.04. The molecular formula is C24H35N7O. The van der Waals surface area contributed by atoms with Crippen molar-refractivity contribution in [3.05, 3.63) is 42.1 Å². The minimum atomic E-state index is 0.211. The van der Waals surface area contributed by atoms with Crippen LogP contribution in [-0.2, 0) is 4.74 Å². The van der Waals surface area contributed by atoms with Crippen molar-refractivity contribution in [2.75, 3.05) is 50.8 Å². The van der Waals surface area contributed by atoms with E-state index in [0.717, 1.165) is 56.8 Å². The van der Waals surface area contributed by atoms with Crippen molar-refractivity contribution in [2.45, 2.75) is 32.3 Å². The molecule has 2 N–H and O–H groups in total. The Balaban J connectivity index is 1.58. The molecule has 0 saturated carbocycles. The van der Waals surface area contributed by atoms with E-state index in [-0.39, 0.29) is 6.10 Å². The van der Waals surface area contributed by atoms with Gasteiger partial charge in [0, 0.05) is 56.5 Å². The van der Waals surface area contributed by atoms with E-state index >= 15 is 0 Å². The van der Waals surface area contributed by atoms with E-state index in [0.29, 0.717) is 24.6 Å². The molecule has 0 bridgehead atoms. The van der Waals surface area contributed by atoms with Gasteiger partial charge in [0.1, 0.15) is 11.5 Å². The SMILES string of the molecule is C=CN=C(CN1CCN(c2ccc(/C(C=NCC3CCCCO3)=N/N)c(C)c2)CC1)N=C. The van der Waals surface area contributed by atoms with Crippen LogP contribution < -0.4 is 10.7 Å². The molecule has 1 aromatic rings. The molecule has 0 aromatic heterocycles. The molecule has 2 saturated heterocycles. The molecule has 3 rings (SSSR count). The van der Waals surface area contributed by atoms with E-state index < -0.39 is 0 Å². The first-order valence-electron chi connectivity index (χ1n) is 11.3. The highest BCUT2D eigenvalue weighted by atomic mass is 16.5. The van der Waals surface area contributed by atoms with Gasteiger partial charge < -0.3 is 15.5 Å². The summed E-state index contributed by atoms with van der Waals surface area (Å²) in [4.78, 5) is 17.4. The van der Waals surface area contributed by atoms with Crippen molar-refractivity contribution >= 4 is 30.2 Å². The smallest absolute Gasteiger partial charge is 0.141 e. The van der Waals surface area contributed by atoms with E-state index in [1.807, 2.05) is 0 Å². The average Bonchev–Trinajstić information content (AvgIpc) is 2.83. The number of nitrogens with zero attached hydrogens (tertiary/aromatic N) is 6. The number of hydrogen-bond donors (Lipinski definition) is 1. The van der Waals surface area contributed by atoms with E-state index in [1.54, 1.807) is 6.21 Å². The predicted molar refractivity (Wildman–Crippen MR) is 135 cm³/mol. The standard InChI is InChI=1S/C24H35N7O/c1-4-28-24(26-3)18-30-10-12-31(13-11-30)20-8-9-22(19(2)15-20)23(29-25)17-27-16-21-7-5-6-14-32-21/h4,8-9,15,17,21H,1,3,5-7,10-14,16,18,25H2,2H3/b27-17?,28-24?,29-23+. The molecule has 2 heterocycles. The van der Waals surface area contributed by atoms with Crippen LogP contribution in [0.15, 0.2) is 51.1 Å². The van der Waals surface area contributed by atoms with Gasteiger partial charge in [-0.2, -0.15) is 5.10 Å². The van der Waals surface area contributed by atoms with Gasteiger partial charge in [-0.3, -0.25) is 9.89 Å². The van der Waals surface area contributed by atoms with Crippen LogP contribution in [-0.4, -0.2) is 81.4 Å². The molecule has 2 aliphatic heterocycles. The second kappa shape index (κ2) is 12.3. The van der Waals surface area contributed by atoms with Gasteiger partial charge in [0.05, 0.1) is 19.2 Å². The Morgan fingerprint density at radius 3 is 2.69 bits per heavy atom. The zero-order valence-electron chi connectivity index (χ0n) is 19.1. The predicted octanol–water partition coefficient (Wildman–Crippen LogP) is 2.66. The number of anilines is 1. The molecular weight excluding hydrogens is 402 g/mol. The molecule has 8 nitrogen and oxygen atoms in total. The van der Waals surface area contributed by atoms with Gasteiger partial charge in [-0.1, -0.05) is 12.6 Å². The molecule has 32 heavy (non-hydrogen) atoms. The van der Waals surface area contributed by atoms with Crippen LogP contribution in [0.3, 0.4) is 0 Å². The molecule has 172 valence electrons. The number of nitrogens with two attached hydrogens (primary N) is 1. The molecule has 0 amide bonds. The molecule has 2 aliphatic rings. The molecule has 1 aromatic carbocycles. The summed E-state index contributed by atoms with van der Waals surface area (Å²) >= 11 is 0. The maximum absolute atomic E-state index is 5.74. The normalized spacial score (nSPS) is 21.2. The Hall–Kier alpha value is -2.84. The lowest BCUT2D eigenvalue weighted by Gasteiger charge is -2.36. The highest BCUT2D eigenvalue weighted by Gasteiger charge is 2.19. The topological polar surface area (TPSA) is 91.2 Å².